The Balaban J connectivity index is 3.70. The lowest BCUT2D eigenvalue weighted by molar-refractivity contribution is 0.391. The fourth-order valence-electron chi connectivity index (χ4n) is 1.06. The van der Waals surface area contributed by atoms with Gasteiger partial charge in [0.1, 0.15) is 0 Å². The first kappa shape index (κ1) is 7.06. The summed E-state index contributed by atoms with van der Waals surface area (Å²) in [5.74, 6) is 0. The molecule has 0 aliphatic rings. The summed E-state index contributed by atoms with van der Waals surface area (Å²) in [6, 6.07) is 0. The van der Waals surface area contributed by atoms with Crippen LogP contribution in [0.3, 0.4) is 0 Å². The minimum Gasteiger partial charge on any atom is -0.357 e. The second kappa shape index (κ2) is 2.29. The van der Waals surface area contributed by atoms with Crippen molar-refractivity contribution in [3.63, 3.8) is 0 Å². The number of aromatic nitrogens is 1. The molecule has 0 unspecified atom stereocenters. The summed E-state index contributed by atoms with van der Waals surface area (Å²) in [5.41, 5.74) is 2.78. The predicted molar refractivity (Wildman–Crippen MR) is 40.8 cm³/mol. The number of hydrogen-bond donors (Lipinski definition) is 0. The first-order valence-corrected chi connectivity index (χ1v) is 3.21. The molecule has 10 heavy (non-hydrogen) atoms. The van der Waals surface area contributed by atoms with Crippen LogP contribution in [-0.4, -0.2) is 5.16 Å². The summed E-state index contributed by atoms with van der Waals surface area (Å²) in [6.45, 7) is 9.67. The topological polar surface area (TPSA) is 26.0 Å². The number of aryl methyl sites for hydroxylation is 1. The summed E-state index contributed by atoms with van der Waals surface area (Å²) in [7, 11) is 0. The minimum absolute atomic E-state index is 0.664. The van der Waals surface area contributed by atoms with E-state index in [0.29, 0.717) is 5.42 Å². The molecule has 0 spiro atoms. The van der Waals surface area contributed by atoms with E-state index in [-0.39, 0.29) is 0 Å². The molecule has 0 N–H and O–H groups in total. The van der Waals surface area contributed by atoms with Crippen molar-refractivity contribution in [1.82, 2.24) is 5.16 Å². The molecular weight excluding hydrogens is 126 g/mol. The van der Waals surface area contributed by atoms with Gasteiger partial charge >= 0.3 is 0 Å². The van der Waals surface area contributed by atoms with Crippen LogP contribution >= 0.6 is 0 Å². The molecule has 0 saturated carbocycles. The Morgan fingerprint density at radius 2 is 2.10 bits per heavy atom. The Morgan fingerprint density at radius 1 is 1.50 bits per heavy atom. The molecule has 54 valence electrons. The fraction of sp³-hybridized carbons (Fsp3) is 0.375. The van der Waals surface area contributed by atoms with Crippen LogP contribution in [0.2, 0.25) is 0 Å². The van der Waals surface area contributed by atoms with Crippen LogP contribution in [0.4, 0.5) is 0 Å². The van der Waals surface area contributed by atoms with Crippen LogP contribution in [0, 0.1) is 6.92 Å². The van der Waals surface area contributed by atoms with Gasteiger partial charge in [-0.3, -0.25) is 0 Å². The highest BCUT2D eigenvalue weighted by Crippen LogP contribution is 1.85. The fourth-order valence-corrected chi connectivity index (χ4v) is 1.06. The van der Waals surface area contributed by atoms with E-state index >= 15 is 0 Å². The molecule has 0 saturated heterocycles. The standard InChI is InChI=1S/C8H11NO/c1-5(2)8-6(3)9-10-7(8)4/h4H2,1-3H3. The number of hydrogen-bond acceptors (Lipinski definition) is 2. The van der Waals surface area contributed by atoms with E-state index in [0.717, 1.165) is 10.9 Å². The highest BCUT2D eigenvalue weighted by atomic mass is 16.5. The van der Waals surface area contributed by atoms with Gasteiger partial charge in [0.05, 0.1) is 5.69 Å². The van der Waals surface area contributed by atoms with Crippen molar-refractivity contribution < 1.29 is 4.52 Å². The molecule has 0 aliphatic heterocycles. The van der Waals surface area contributed by atoms with Crippen molar-refractivity contribution in [2.45, 2.75) is 20.8 Å². The molecule has 0 aliphatic carbocycles. The summed E-state index contributed by atoms with van der Waals surface area (Å²) in [5, 5.41) is 4.83. The van der Waals surface area contributed by atoms with Crippen LogP contribution in [0.5, 0.6) is 0 Å². The van der Waals surface area contributed by atoms with Gasteiger partial charge in [0.2, 0.25) is 0 Å². The summed E-state index contributed by atoms with van der Waals surface area (Å²) in [6.07, 6.45) is 0. The zero-order valence-electron chi connectivity index (χ0n) is 6.56. The van der Waals surface area contributed by atoms with E-state index < -0.39 is 0 Å². The van der Waals surface area contributed by atoms with Crippen LogP contribution in [0.15, 0.2) is 4.52 Å². The molecule has 0 bridgehead atoms. The third-order valence-corrected chi connectivity index (χ3v) is 1.43. The van der Waals surface area contributed by atoms with Crippen LogP contribution < -0.4 is 10.6 Å². The van der Waals surface area contributed by atoms with E-state index in [1.807, 2.05) is 20.8 Å². The van der Waals surface area contributed by atoms with Gasteiger partial charge in [-0.25, -0.2) is 0 Å². The molecule has 0 aromatic carbocycles. The second-order valence-electron chi connectivity index (χ2n) is 2.57. The molecule has 2 nitrogen and oxygen atoms in total. The summed E-state index contributed by atoms with van der Waals surface area (Å²) < 4.78 is 4.87. The smallest absolute Gasteiger partial charge is 0.159 e. The van der Waals surface area contributed by atoms with E-state index in [9.17, 15) is 0 Å². The summed E-state index contributed by atoms with van der Waals surface area (Å²) >= 11 is 0. The van der Waals surface area contributed by atoms with Crippen molar-refractivity contribution >= 4 is 12.2 Å². The van der Waals surface area contributed by atoms with Crippen molar-refractivity contribution in [3.8, 4) is 0 Å². The first-order chi connectivity index (χ1) is 4.63. The lowest BCUT2D eigenvalue weighted by Gasteiger charge is -1.82. The van der Waals surface area contributed by atoms with Crippen molar-refractivity contribution in [2.24, 2.45) is 0 Å². The van der Waals surface area contributed by atoms with Crippen molar-refractivity contribution in [3.05, 3.63) is 16.3 Å². The van der Waals surface area contributed by atoms with Gasteiger partial charge in [-0.15, -0.1) is 0 Å². The maximum Gasteiger partial charge on any atom is 0.159 e. The molecule has 1 heterocycles. The van der Waals surface area contributed by atoms with Crippen LogP contribution in [-0.2, 0) is 0 Å². The van der Waals surface area contributed by atoms with Crippen molar-refractivity contribution in [2.75, 3.05) is 0 Å². The number of rotatable bonds is 0. The van der Waals surface area contributed by atoms with Gasteiger partial charge in [-0.1, -0.05) is 17.3 Å². The van der Waals surface area contributed by atoms with Gasteiger partial charge in [0.15, 0.2) is 5.42 Å². The average Bonchev–Trinajstić information content (AvgIpc) is 2.11. The van der Waals surface area contributed by atoms with Gasteiger partial charge in [0, 0.05) is 5.22 Å². The normalized spacial score (nSPS) is 9.90. The zero-order valence-corrected chi connectivity index (χ0v) is 6.56. The molecule has 0 amide bonds. The van der Waals surface area contributed by atoms with Gasteiger partial charge < -0.3 is 4.52 Å². The molecular formula is C8H11NO. The molecule has 1 aromatic rings. The Hall–Kier alpha value is -1.05. The second-order valence-corrected chi connectivity index (χ2v) is 2.57. The number of nitrogens with zero attached hydrogens (tertiary/aromatic N) is 1. The summed E-state index contributed by atoms with van der Waals surface area (Å²) in [4.78, 5) is 0. The quantitative estimate of drug-likeness (QED) is 0.523. The molecule has 1 rings (SSSR count). The van der Waals surface area contributed by atoms with Crippen LogP contribution in [0.25, 0.3) is 12.2 Å². The van der Waals surface area contributed by atoms with E-state index in [2.05, 4.69) is 11.7 Å². The van der Waals surface area contributed by atoms with Crippen LogP contribution in [0.1, 0.15) is 19.5 Å². The van der Waals surface area contributed by atoms with Gasteiger partial charge in [-0.2, -0.15) is 0 Å². The Kier molecular flexibility index (Phi) is 1.62. The lowest BCUT2D eigenvalue weighted by Crippen LogP contribution is -2.21. The maximum absolute atomic E-state index is 4.87. The highest BCUT2D eigenvalue weighted by Gasteiger charge is 1.96. The third-order valence-electron chi connectivity index (χ3n) is 1.43. The zero-order chi connectivity index (χ0) is 7.72. The van der Waals surface area contributed by atoms with Crippen molar-refractivity contribution in [1.29, 1.82) is 0 Å². The maximum atomic E-state index is 4.87. The third kappa shape index (κ3) is 0.967. The van der Waals surface area contributed by atoms with Gasteiger partial charge in [0.25, 0.3) is 0 Å². The minimum atomic E-state index is 0.664. The SMILES string of the molecule is C=c1onc(C)c1=C(C)C. The predicted octanol–water partition coefficient (Wildman–Crippen LogP) is 0.584. The highest BCUT2D eigenvalue weighted by molar-refractivity contribution is 5.39. The Labute approximate surface area is 59.8 Å². The molecule has 1 aromatic heterocycles. The largest absolute Gasteiger partial charge is 0.357 e. The molecule has 0 radical (unpaired) electrons. The Morgan fingerprint density at radius 3 is 2.30 bits per heavy atom. The van der Waals surface area contributed by atoms with E-state index in [1.54, 1.807) is 0 Å². The van der Waals surface area contributed by atoms with E-state index in [4.69, 9.17) is 4.52 Å². The van der Waals surface area contributed by atoms with E-state index in [1.165, 1.54) is 5.57 Å². The average molecular weight is 137 g/mol. The first-order valence-electron chi connectivity index (χ1n) is 3.21. The lowest BCUT2D eigenvalue weighted by atomic mass is 10.2. The Bertz CT molecular complexity index is 331. The molecule has 0 fully saturated rings. The van der Waals surface area contributed by atoms with Gasteiger partial charge in [-0.05, 0) is 20.8 Å². The monoisotopic (exact) mass is 137 g/mol. The molecule has 2 heteroatoms. The molecule has 0 atom stereocenters.